The molecule has 138 valence electrons. The Bertz CT molecular complexity index is 962. The highest BCUT2D eigenvalue weighted by Crippen LogP contribution is 2.24. The summed E-state index contributed by atoms with van der Waals surface area (Å²) >= 11 is 3.33. The van der Waals surface area contributed by atoms with Crippen molar-refractivity contribution in [1.82, 2.24) is 4.31 Å². The van der Waals surface area contributed by atoms with Gasteiger partial charge in [0.1, 0.15) is 0 Å². The third kappa shape index (κ3) is 4.65. The van der Waals surface area contributed by atoms with Crippen LogP contribution in [0.25, 0.3) is 0 Å². The molecule has 0 atom stereocenters. The van der Waals surface area contributed by atoms with E-state index in [9.17, 15) is 23.3 Å². The summed E-state index contributed by atoms with van der Waals surface area (Å²) in [6.07, 6.45) is 0. The number of nitrogens with zero attached hydrogens (tertiary/aromatic N) is 2. The summed E-state index contributed by atoms with van der Waals surface area (Å²) in [5, 5.41) is 13.4. The third-order valence-corrected chi connectivity index (χ3v) is 5.96. The average molecular weight is 442 g/mol. The van der Waals surface area contributed by atoms with E-state index in [1.165, 1.54) is 25.2 Å². The Hall–Kier alpha value is -2.30. The number of hydrogen-bond acceptors (Lipinski definition) is 5. The van der Waals surface area contributed by atoms with Crippen LogP contribution in [0.2, 0.25) is 0 Å². The number of amides is 1. The second kappa shape index (κ2) is 7.94. The highest BCUT2D eigenvalue weighted by Gasteiger charge is 2.25. The van der Waals surface area contributed by atoms with Crippen LogP contribution in [0.5, 0.6) is 0 Å². The standard InChI is InChI=1S/C16H16BrN3O5S/c1-11-6-7-15(14(17)8-11)18-16(21)10-19(2)26(24,25)13-5-3-4-12(9-13)20(22)23/h3-9H,10H2,1-2H3,(H,18,21). The number of anilines is 1. The van der Waals surface area contributed by atoms with Gasteiger partial charge in [-0.1, -0.05) is 12.1 Å². The fourth-order valence-corrected chi connectivity index (χ4v) is 3.90. The lowest BCUT2D eigenvalue weighted by atomic mass is 10.2. The molecule has 2 rings (SSSR count). The Kier molecular flexibility index (Phi) is 6.11. The largest absolute Gasteiger partial charge is 0.324 e. The summed E-state index contributed by atoms with van der Waals surface area (Å²) in [7, 11) is -2.81. The smallest absolute Gasteiger partial charge is 0.270 e. The van der Waals surface area contributed by atoms with Crippen LogP contribution in [0.1, 0.15) is 5.56 Å². The molecule has 0 heterocycles. The van der Waals surface area contributed by atoms with Gasteiger partial charge in [-0.05, 0) is 46.6 Å². The molecule has 0 fully saturated rings. The Labute approximate surface area is 159 Å². The van der Waals surface area contributed by atoms with E-state index in [-0.39, 0.29) is 10.6 Å². The maximum Gasteiger partial charge on any atom is 0.270 e. The summed E-state index contributed by atoms with van der Waals surface area (Å²) in [6.45, 7) is 1.46. The zero-order valence-corrected chi connectivity index (χ0v) is 16.4. The van der Waals surface area contributed by atoms with Crippen LogP contribution in [-0.4, -0.2) is 37.1 Å². The Balaban J connectivity index is 2.14. The van der Waals surface area contributed by atoms with Crippen LogP contribution in [0.4, 0.5) is 11.4 Å². The molecule has 0 aliphatic heterocycles. The lowest BCUT2D eigenvalue weighted by Crippen LogP contribution is -2.35. The summed E-state index contributed by atoms with van der Waals surface area (Å²) in [5.41, 5.74) is 1.18. The highest BCUT2D eigenvalue weighted by molar-refractivity contribution is 9.10. The van der Waals surface area contributed by atoms with Gasteiger partial charge in [-0.3, -0.25) is 14.9 Å². The van der Waals surface area contributed by atoms with Crippen molar-refractivity contribution in [3.05, 3.63) is 62.6 Å². The van der Waals surface area contributed by atoms with Gasteiger partial charge in [0.15, 0.2) is 0 Å². The molecule has 0 radical (unpaired) electrons. The van der Waals surface area contributed by atoms with Crippen LogP contribution < -0.4 is 5.32 Å². The fourth-order valence-electron chi connectivity index (χ4n) is 2.14. The average Bonchev–Trinajstić information content (AvgIpc) is 2.57. The zero-order valence-electron chi connectivity index (χ0n) is 14.0. The van der Waals surface area contributed by atoms with Gasteiger partial charge in [-0.25, -0.2) is 8.42 Å². The molecule has 8 nitrogen and oxygen atoms in total. The third-order valence-electron chi connectivity index (χ3n) is 3.50. The number of likely N-dealkylation sites (N-methyl/N-ethyl adjacent to an activating group) is 1. The Morgan fingerprint density at radius 3 is 2.58 bits per heavy atom. The van der Waals surface area contributed by atoms with Crippen LogP contribution in [-0.2, 0) is 14.8 Å². The molecular formula is C16H16BrN3O5S. The highest BCUT2D eigenvalue weighted by atomic mass is 79.9. The minimum Gasteiger partial charge on any atom is -0.324 e. The lowest BCUT2D eigenvalue weighted by molar-refractivity contribution is -0.385. The van der Waals surface area contributed by atoms with Crippen LogP contribution in [0.15, 0.2) is 51.8 Å². The minimum atomic E-state index is -4.04. The van der Waals surface area contributed by atoms with Crippen molar-refractivity contribution >= 4 is 43.2 Å². The number of aryl methyl sites for hydroxylation is 1. The van der Waals surface area contributed by atoms with Gasteiger partial charge in [0, 0.05) is 23.7 Å². The number of halogens is 1. The van der Waals surface area contributed by atoms with Gasteiger partial charge < -0.3 is 5.32 Å². The predicted molar refractivity (Wildman–Crippen MR) is 100 cm³/mol. The molecule has 2 aromatic rings. The second-order valence-corrected chi connectivity index (χ2v) is 8.45. The van der Waals surface area contributed by atoms with Crippen LogP contribution in [0, 0.1) is 17.0 Å². The Morgan fingerprint density at radius 1 is 1.27 bits per heavy atom. The number of nitro benzene ring substituents is 1. The van der Waals surface area contributed by atoms with Gasteiger partial charge in [0.2, 0.25) is 15.9 Å². The molecule has 0 aromatic heterocycles. The van der Waals surface area contributed by atoms with Gasteiger partial charge >= 0.3 is 0 Å². The van der Waals surface area contributed by atoms with E-state index in [0.717, 1.165) is 15.9 Å². The van der Waals surface area contributed by atoms with Crippen LogP contribution >= 0.6 is 15.9 Å². The van der Waals surface area contributed by atoms with Crippen LogP contribution in [0.3, 0.4) is 0 Å². The molecule has 0 saturated heterocycles. The first kappa shape index (κ1) is 20.0. The van der Waals surface area contributed by atoms with E-state index >= 15 is 0 Å². The summed E-state index contributed by atoms with van der Waals surface area (Å²) in [5.74, 6) is -0.536. The number of nitrogens with one attached hydrogen (secondary N) is 1. The van der Waals surface area contributed by atoms with E-state index in [2.05, 4.69) is 21.2 Å². The van der Waals surface area contributed by atoms with Gasteiger partial charge in [0.25, 0.3) is 5.69 Å². The maximum absolute atomic E-state index is 12.5. The van der Waals surface area contributed by atoms with Crippen molar-refractivity contribution in [1.29, 1.82) is 0 Å². The number of hydrogen-bond donors (Lipinski definition) is 1. The number of carbonyl (C=O) groups excluding carboxylic acids is 1. The molecular weight excluding hydrogens is 426 g/mol. The normalized spacial score (nSPS) is 11.4. The monoisotopic (exact) mass is 441 g/mol. The summed E-state index contributed by atoms with van der Waals surface area (Å²) in [6, 6.07) is 10.0. The Morgan fingerprint density at radius 2 is 1.96 bits per heavy atom. The molecule has 0 spiro atoms. The molecule has 2 aromatic carbocycles. The van der Waals surface area contributed by atoms with Crippen molar-refractivity contribution < 1.29 is 18.1 Å². The van der Waals surface area contributed by atoms with Crippen molar-refractivity contribution in [3.8, 4) is 0 Å². The maximum atomic E-state index is 12.5. The van der Waals surface area contributed by atoms with Gasteiger partial charge in [-0.2, -0.15) is 4.31 Å². The molecule has 1 N–H and O–H groups in total. The van der Waals surface area contributed by atoms with E-state index in [1.54, 1.807) is 6.07 Å². The fraction of sp³-hybridized carbons (Fsp3) is 0.188. The molecule has 1 amide bonds. The number of non-ortho nitro benzene ring substituents is 1. The van der Waals surface area contributed by atoms with Crippen molar-refractivity contribution in [2.24, 2.45) is 0 Å². The van der Waals surface area contributed by atoms with E-state index in [4.69, 9.17) is 0 Å². The molecule has 0 aliphatic rings. The van der Waals surface area contributed by atoms with Crippen molar-refractivity contribution in [2.75, 3.05) is 18.9 Å². The molecule has 10 heteroatoms. The SMILES string of the molecule is Cc1ccc(NC(=O)CN(C)S(=O)(=O)c2cccc([N+](=O)[O-])c2)c(Br)c1. The van der Waals surface area contributed by atoms with E-state index < -0.39 is 27.4 Å². The molecule has 0 unspecified atom stereocenters. The van der Waals surface area contributed by atoms with E-state index in [1.807, 2.05) is 19.1 Å². The van der Waals surface area contributed by atoms with E-state index in [0.29, 0.717) is 10.2 Å². The molecule has 0 bridgehead atoms. The topological polar surface area (TPSA) is 110 Å². The second-order valence-electron chi connectivity index (χ2n) is 5.55. The van der Waals surface area contributed by atoms with Crippen molar-refractivity contribution in [3.63, 3.8) is 0 Å². The van der Waals surface area contributed by atoms with Gasteiger partial charge in [0.05, 0.1) is 22.1 Å². The lowest BCUT2D eigenvalue weighted by Gasteiger charge is -2.17. The summed E-state index contributed by atoms with van der Waals surface area (Å²) in [4.78, 5) is 22.1. The molecule has 0 aliphatic carbocycles. The molecule has 0 saturated carbocycles. The van der Waals surface area contributed by atoms with Gasteiger partial charge in [-0.15, -0.1) is 0 Å². The number of sulfonamides is 1. The number of benzene rings is 2. The first-order valence-electron chi connectivity index (χ1n) is 7.38. The zero-order chi connectivity index (χ0) is 19.5. The first-order chi connectivity index (χ1) is 12.1. The summed E-state index contributed by atoms with van der Waals surface area (Å²) < 4.78 is 26.6. The predicted octanol–water partition coefficient (Wildman–Crippen LogP) is 2.92. The number of carbonyl (C=O) groups is 1. The quantitative estimate of drug-likeness (QED) is 0.547. The van der Waals surface area contributed by atoms with Crippen molar-refractivity contribution in [2.45, 2.75) is 11.8 Å². The number of nitro groups is 1. The minimum absolute atomic E-state index is 0.251. The molecule has 26 heavy (non-hydrogen) atoms. The first-order valence-corrected chi connectivity index (χ1v) is 9.61. The number of rotatable bonds is 6.